The third-order valence-corrected chi connectivity index (χ3v) is 6.01. The standard InChI is InChI=1S/C22H22Cl2N4O4S/c1-4-31-21(30)14-5-8-16(9-6-14)25-19(29)12-33-22-27-26-20(28(22)3)13(2)32-18-11-15(23)7-10-17(18)24/h5-11,13H,4,12H2,1-3H3,(H,25,29). The minimum Gasteiger partial charge on any atom is -0.481 e. The third kappa shape index (κ3) is 6.63. The van der Waals surface area contributed by atoms with Crippen molar-refractivity contribution >= 4 is 52.5 Å². The molecule has 0 spiro atoms. The molecule has 0 aliphatic carbocycles. The van der Waals surface area contributed by atoms with Crippen LogP contribution in [0.1, 0.15) is 36.1 Å². The lowest BCUT2D eigenvalue weighted by Crippen LogP contribution is -2.15. The molecule has 8 nitrogen and oxygen atoms in total. The maximum atomic E-state index is 12.3. The average Bonchev–Trinajstić information content (AvgIpc) is 3.16. The number of thioether (sulfide) groups is 1. The molecule has 3 aromatic rings. The van der Waals surface area contributed by atoms with Gasteiger partial charge in [-0.3, -0.25) is 4.79 Å². The third-order valence-electron chi connectivity index (χ3n) is 4.44. The van der Waals surface area contributed by atoms with Crippen LogP contribution in [0.2, 0.25) is 10.0 Å². The van der Waals surface area contributed by atoms with E-state index in [-0.39, 0.29) is 11.7 Å². The molecule has 0 radical (unpaired) electrons. The number of amides is 1. The number of anilines is 1. The van der Waals surface area contributed by atoms with Crippen molar-refractivity contribution in [2.24, 2.45) is 7.05 Å². The van der Waals surface area contributed by atoms with Crippen molar-refractivity contribution < 1.29 is 19.1 Å². The Morgan fingerprint density at radius 3 is 2.58 bits per heavy atom. The van der Waals surface area contributed by atoms with Gasteiger partial charge in [0.1, 0.15) is 5.75 Å². The maximum Gasteiger partial charge on any atom is 0.338 e. The maximum absolute atomic E-state index is 12.3. The Morgan fingerprint density at radius 2 is 1.88 bits per heavy atom. The number of rotatable bonds is 9. The van der Waals surface area contributed by atoms with Crippen LogP contribution >= 0.6 is 35.0 Å². The van der Waals surface area contributed by atoms with E-state index < -0.39 is 12.1 Å². The van der Waals surface area contributed by atoms with Gasteiger partial charge in [-0.05, 0) is 50.2 Å². The second-order valence-electron chi connectivity index (χ2n) is 6.87. The predicted octanol–water partition coefficient (Wildman–Crippen LogP) is 5.17. The molecular weight excluding hydrogens is 487 g/mol. The molecule has 0 fully saturated rings. The first-order valence-electron chi connectivity index (χ1n) is 9.99. The summed E-state index contributed by atoms with van der Waals surface area (Å²) in [5.41, 5.74) is 0.999. The molecule has 1 heterocycles. The second-order valence-corrected chi connectivity index (χ2v) is 8.66. The van der Waals surface area contributed by atoms with Gasteiger partial charge in [-0.2, -0.15) is 0 Å². The SMILES string of the molecule is CCOC(=O)c1ccc(NC(=O)CSc2nnc(C(C)Oc3cc(Cl)ccc3Cl)n2C)cc1. The van der Waals surface area contributed by atoms with Crippen LogP contribution in [0.4, 0.5) is 5.69 Å². The Morgan fingerprint density at radius 1 is 1.15 bits per heavy atom. The second kappa shape index (κ2) is 11.4. The normalized spacial score (nSPS) is 11.7. The van der Waals surface area contributed by atoms with Crippen LogP contribution in [0.3, 0.4) is 0 Å². The van der Waals surface area contributed by atoms with Gasteiger partial charge in [0, 0.05) is 23.8 Å². The van der Waals surface area contributed by atoms with E-state index >= 15 is 0 Å². The molecular formula is C22H22Cl2N4O4S. The summed E-state index contributed by atoms with van der Waals surface area (Å²) in [5.74, 6) is 0.523. The van der Waals surface area contributed by atoms with Crippen molar-refractivity contribution in [1.29, 1.82) is 0 Å². The first kappa shape index (κ1) is 24.9. The van der Waals surface area contributed by atoms with Crippen LogP contribution in [-0.2, 0) is 16.6 Å². The molecule has 2 aromatic carbocycles. The summed E-state index contributed by atoms with van der Waals surface area (Å²) in [6, 6.07) is 11.5. The number of ether oxygens (including phenoxy) is 2. The van der Waals surface area contributed by atoms with Crippen molar-refractivity contribution in [2.75, 3.05) is 17.7 Å². The van der Waals surface area contributed by atoms with Crippen molar-refractivity contribution in [3.05, 3.63) is 63.9 Å². The highest BCUT2D eigenvalue weighted by atomic mass is 35.5. The fraction of sp³-hybridized carbons (Fsp3) is 0.273. The Bertz CT molecular complexity index is 1140. The summed E-state index contributed by atoms with van der Waals surface area (Å²) >= 11 is 13.4. The van der Waals surface area contributed by atoms with Gasteiger partial charge in [0.15, 0.2) is 17.1 Å². The minimum atomic E-state index is -0.445. The van der Waals surface area contributed by atoms with Crippen LogP contribution < -0.4 is 10.1 Å². The summed E-state index contributed by atoms with van der Waals surface area (Å²) in [4.78, 5) is 24.0. The highest BCUT2D eigenvalue weighted by Gasteiger charge is 2.19. The predicted molar refractivity (Wildman–Crippen MR) is 128 cm³/mol. The van der Waals surface area contributed by atoms with Crippen molar-refractivity contribution in [3.63, 3.8) is 0 Å². The molecule has 1 unspecified atom stereocenters. The Balaban J connectivity index is 1.56. The van der Waals surface area contributed by atoms with Crippen molar-refractivity contribution in [1.82, 2.24) is 14.8 Å². The smallest absolute Gasteiger partial charge is 0.338 e. The number of aromatic nitrogens is 3. The fourth-order valence-corrected chi connectivity index (χ4v) is 3.89. The molecule has 3 rings (SSSR count). The van der Waals surface area contributed by atoms with Crippen molar-refractivity contribution in [3.8, 4) is 5.75 Å². The van der Waals surface area contributed by atoms with Gasteiger partial charge >= 0.3 is 5.97 Å². The summed E-state index contributed by atoms with van der Waals surface area (Å²) in [7, 11) is 1.79. The van der Waals surface area contributed by atoms with E-state index in [2.05, 4.69) is 15.5 Å². The van der Waals surface area contributed by atoms with Crippen LogP contribution in [-0.4, -0.2) is 39.0 Å². The lowest BCUT2D eigenvalue weighted by Gasteiger charge is -2.15. The van der Waals surface area contributed by atoms with Gasteiger partial charge in [0.05, 0.1) is 22.9 Å². The number of carbonyl (C=O) groups is 2. The number of esters is 1. The first-order valence-corrected chi connectivity index (χ1v) is 11.7. The minimum absolute atomic E-state index is 0.126. The quantitative estimate of drug-likeness (QED) is 0.314. The molecule has 33 heavy (non-hydrogen) atoms. The number of halogens is 2. The Labute approximate surface area is 205 Å². The number of hydrogen-bond acceptors (Lipinski definition) is 7. The highest BCUT2D eigenvalue weighted by molar-refractivity contribution is 7.99. The van der Waals surface area contributed by atoms with E-state index in [0.717, 1.165) is 0 Å². The monoisotopic (exact) mass is 508 g/mol. The van der Waals surface area contributed by atoms with E-state index in [9.17, 15) is 9.59 Å². The molecule has 1 amide bonds. The van der Waals surface area contributed by atoms with Gasteiger partial charge in [0.2, 0.25) is 5.91 Å². The fourth-order valence-electron chi connectivity index (χ4n) is 2.85. The largest absolute Gasteiger partial charge is 0.481 e. The Hall–Kier alpha value is -2.75. The number of carbonyl (C=O) groups excluding carboxylic acids is 2. The van der Waals surface area contributed by atoms with Crippen molar-refractivity contribution in [2.45, 2.75) is 25.1 Å². The van der Waals surface area contributed by atoms with Gasteiger partial charge in [-0.25, -0.2) is 4.79 Å². The summed E-state index contributed by atoms with van der Waals surface area (Å²) in [6.45, 7) is 3.87. The van der Waals surface area contributed by atoms with Crippen LogP contribution in [0.15, 0.2) is 47.6 Å². The number of hydrogen-bond donors (Lipinski definition) is 1. The van der Waals surface area contributed by atoms with Gasteiger partial charge in [-0.1, -0.05) is 35.0 Å². The summed E-state index contributed by atoms with van der Waals surface area (Å²) in [6.07, 6.45) is -0.445. The Kier molecular flexibility index (Phi) is 8.60. The zero-order valence-corrected chi connectivity index (χ0v) is 20.5. The molecule has 11 heteroatoms. The first-order chi connectivity index (χ1) is 15.8. The van der Waals surface area contributed by atoms with Gasteiger partial charge in [0.25, 0.3) is 0 Å². The van der Waals surface area contributed by atoms with Gasteiger partial charge < -0.3 is 19.4 Å². The molecule has 0 saturated carbocycles. The average molecular weight is 509 g/mol. The van der Waals surface area contributed by atoms with E-state index in [1.807, 2.05) is 6.92 Å². The lowest BCUT2D eigenvalue weighted by molar-refractivity contribution is -0.113. The molecule has 0 aliphatic heterocycles. The van der Waals surface area contributed by atoms with E-state index in [1.54, 1.807) is 61.0 Å². The topological polar surface area (TPSA) is 95.3 Å². The number of benzene rings is 2. The molecule has 0 saturated heterocycles. The van der Waals surface area contributed by atoms with Crippen LogP contribution in [0.25, 0.3) is 0 Å². The van der Waals surface area contributed by atoms with E-state index in [1.165, 1.54) is 11.8 Å². The molecule has 0 aliphatic rings. The lowest BCUT2D eigenvalue weighted by atomic mass is 10.2. The van der Waals surface area contributed by atoms with E-state index in [0.29, 0.717) is 44.6 Å². The van der Waals surface area contributed by atoms with E-state index in [4.69, 9.17) is 32.7 Å². The molecule has 174 valence electrons. The highest BCUT2D eigenvalue weighted by Crippen LogP contribution is 2.31. The molecule has 1 aromatic heterocycles. The molecule has 1 atom stereocenters. The summed E-state index contributed by atoms with van der Waals surface area (Å²) < 4.78 is 12.6. The zero-order chi connectivity index (χ0) is 24.0. The number of nitrogens with zero attached hydrogens (tertiary/aromatic N) is 3. The van der Waals surface area contributed by atoms with Crippen LogP contribution in [0.5, 0.6) is 5.75 Å². The van der Waals surface area contributed by atoms with Crippen LogP contribution in [0, 0.1) is 0 Å². The van der Waals surface area contributed by atoms with Gasteiger partial charge in [-0.15, -0.1) is 10.2 Å². The summed E-state index contributed by atoms with van der Waals surface area (Å²) in [5, 5.41) is 12.6. The molecule has 1 N–H and O–H groups in total. The zero-order valence-electron chi connectivity index (χ0n) is 18.2. The molecule has 0 bridgehead atoms. The number of nitrogens with one attached hydrogen (secondary N) is 1.